The molecule has 0 bridgehead atoms. The summed E-state index contributed by atoms with van der Waals surface area (Å²) in [5.74, 6) is -0.113. The van der Waals surface area contributed by atoms with Crippen molar-refractivity contribution in [1.29, 1.82) is 0 Å². The van der Waals surface area contributed by atoms with Crippen molar-refractivity contribution in [3.05, 3.63) is 24.3 Å². The van der Waals surface area contributed by atoms with Gasteiger partial charge in [0.05, 0.1) is 39.2 Å². The number of aromatic nitrogens is 2. The molecule has 0 aromatic carbocycles. The zero-order valence-corrected chi connectivity index (χ0v) is 14.0. The minimum atomic E-state index is -0.500. The Kier molecular flexibility index (Phi) is 5.72. The van der Waals surface area contributed by atoms with Gasteiger partial charge >= 0.3 is 0 Å². The lowest BCUT2D eigenvalue weighted by Crippen LogP contribution is -2.60. The predicted octanol–water partition coefficient (Wildman–Crippen LogP) is -0.334. The quantitative estimate of drug-likeness (QED) is 0.745. The van der Waals surface area contributed by atoms with Gasteiger partial charge in [-0.1, -0.05) is 0 Å². The fraction of sp³-hybridized carbons (Fsp3) is 0.688. The zero-order valence-electron chi connectivity index (χ0n) is 14.0. The van der Waals surface area contributed by atoms with Gasteiger partial charge in [-0.25, -0.2) is 4.98 Å². The number of hydrogen-bond donors (Lipinski definition) is 0. The van der Waals surface area contributed by atoms with Crippen molar-refractivity contribution in [3.8, 4) is 0 Å². The summed E-state index contributed by atoms with van der Waals surface area (Å²) in [6, 6.07) is 0. The maximum atomic E-state index is 12.7. The molecule has 1 atom stereocenters. The van der Waals surface area contributed by atoms with E-state index in [4.69, 9.17) is 14.2 Å². The number of nitrogens with zero attached hydrogens (tertiary/aromatic N) is 4. The van der Waals surface area contributed by atoms with Gasteiger partial charge in [-0.3, -0.25) is 14.7 Å². The molecule has 1 aromatic rings. The van der Waals surface area contributed by atoms with Crippen molar-refractivity contribution in [2.45, 2.75) is 5.60 Å². The van der Waals surface area contributed by atoms with Crippen LogP contribution in [0.15, 0.2) is 18.6 Å². The molecule has 0 radical (unpaired) electrons. The Hall–Kier alpha value is -1.61. The highest BCUT2D eigenvalue weighted by atomic mass is 16.5. The third-order valence-corrected chi connectivity index (χ3v) is 4.36. The van der Waals surface area contributed by atoms with Gasteiger partial charge in [0.1, 0.15) is 11.3 Å². The largest absolute Gasteiger partial charge is 0.383 e. The van der Waals surface area contributed by atoms with Crippen LogP contribution in [0.25, 0.3) is 0 Å². The van der Waals surface area contributed by atoms with Crippen LogP contribution in [0.5, 0.6) is 0 Å². The van der Waals surface area contributed by atoms with Crippen LogP contribution in [-0.2, 0) is 14.2 Å². The van der Waals surface area contributed by atoms with Crippen LogP contribution >= 0.6 is 0 Å². The lowest BCUT2D eigenvalue weighted by atomic mass is 10.0. The summed E-state index contributed by atoms with van der Waals surface area (Å²) in [6.07, 6.45) is 4.59. The van der Waals surface area contributed by atoms with Crippen molar-refractivity contribution in [3.63, 3.8) is 0 Å². The first-order valence-electron chi connectivity index (χ1n) is 8.21. The predicted molar refractivity (Wildman–Crippen MR) is 85.8 cm³/mol. The van der Waals surface area contributed by atoms with Gasteiger partial charge in [-0.05, 0) is 0 Å². The lowest BCUT2D eigenvalue weighted by molar-refractivity contribution is -0.133. The average molecular weight is 336 g/mol. The second kappa shape index (κ2) is 7.98. The Morgan fingerprint density at radius 3 is 3.04 bits per heavy atom. The van der Waals surface area contributed by atoms with E-state index in [2.05, 4.69) is 14.9 Å². The summed E-state index contributed by atoms with van der Waals surface area (Å²) in [5.41, 5.74) is -0.138. The molecule has 0 aliphatic carbocycles. The number of hydrogen-bond acceptors (Lipinski definition) is 7. The number of carbonyl (C=O) groups excluding carboxylic acids is 1. The summed E-state index contributed by atoms with van der Waals surface area (Å²) in [5, 5.41) is 0. The number of ether oxygens (including phenoxy) is 3. The molecular formula is C16H24N4O4. The van der Waals surface area contributed by atoms with Crippen LogP contribution in [0.3, 0.4) is 0 Å². The normalized spacial score (nSPS) is 25.6. The van der Waals surface area contributed by atoms with Gasteiger partial charge in [0.2, 0.25) is 0 Å². The molecule has 1 spiro atoms. The number of rotatable bonds is 4. The Balaban J connectivity index is 1.69. The molecule has 1 unspecified atom stereocenters. The van der Waals surface area contributed by atoms with E-state index in [0.29, 0.717) is 45.2 Å². The third-order valence-electron chi connectivity index (χ3n) is 4.36. The van der Waals surface area contributed by atoms with Crippen molar-refractivity contribution in [1.82, 2.24) is 19.8 Å². The molecule has 24 heavy (non-hydrogen) atoms. The summed E-state index contributed by atoms with van der Waals surface area (Å²) in [7, 11) is 1.70. The second-order valence-electron chi connectivity index (χ2n) is 6.17. The Morgan fingerprint density at radius 1 is 1.33 bits per heavy atom. The van der Waals surface area contributed by atoms with E-state index in [1.807, 2.05) is 0 Å². The number of morpholine rings is 1. The fourth-order valence-corrected chi connectivity index (χ4v) is 3.17. The van der Waals surface area contributed by atoms with Crippen LogP contribution < -0.4 is 0 Å². The first-order chi connectivity index (χ1) is 11.7. The van der Waals surface area contributed by atoms with E-state index in [-0.39, 0.29) is 5.91 Å². The van der Waals surface area contributed by atoms with E-state index < -0.39 is 5.60 Å². The molecule has 1 amide bonds. The minimum absolute atomic E-state index is 0.113. The molecule has 8 heteroatoms. The SMILES string of the molecule is COCCN1CCOCC2(C1)CN(C(=O)c1cnccn1)CCO2. The maximum Gasteiger partial charge on any atom is 0.274 e. The standard InChI is InChI=1S/C16H24N4O4/c1-22-7-4-19-5-8-23-13-16(11-19)12-20(6-9-24-16)15(21)14-10-17-2-3-18-14/h2-3,10H,4-9,11-13H2,1H3. The summed E-state index contributed by atoms with van der Waals surface area (Å²) < 4.78 is 17.0. The van der Waals surface area contributed by atoms with E-state index in [9.17, 15) is 4.79 Å². The molecular weight excluding hydrogens is 312 g/mol. The number of amides is 1. The van der Waals surface area contributed by atoms with E-state index >= 15 is 0 Å². The first-order valence-corrected chi connectivity index (χ1v) is 8.21. The monoisotopic (exact) mass is 336 g/mol. The van der Waals surface area contributed by atoms with Crippen molar-refractivity contribution in [2.75, 3.05) is 66.3 Å². The highest BCUT2D eigenvalue weighted by Gasteiger charge is 2.41. The molecule has 1 aromatic heterocycles. The van der Waals surface area contributed by atoms with Gasteiger partial charge < -0.3 is 19.1 Å². The second-order valence-corrected chi connectivity index (χ2v) is 6.17. The van der Waals surface area contributed by atoms with Gasteiger partial charge in [0, 0.05) is 45.7 Å². The van der Waals surface area contributed by atoms with E-state index in [1.165, 1.54) is 12.4 Å². The van der Waals surface area contributed by atoms with Gasteiger partial charge in [-0.15, -0.1) is 0 Å². The van der Waals surface area contributed by atoms with Gasteiger partial charge in [0.15, 0.2) is 0 Å². The molecule has 132 valence electrons. The fourth-order valence-electron chi connectivity index (χ4n) is 3.17. The Bertz CT molecular complexity index is 544. The summed E-state index contributed by atoms with van der Waals surface area (Å²) in [6.45, 7) is 5.73. The minimum Gasteiger partial charge on any atom is -0.383 e. The first kappa shape index (κ1) is 17.2. The van der Waals surface area contributed by atoms with Crippen LogP contribution in [0.4, 0.5) is 0 Å². The van der Waals surface area contributed by atoms with Gasteiger partial charge in [-0.2, -0.15) is 0 Å². The third kappa shape index (κ3) is 4.07. The molecule has 0 saturated carbocycles. The Morgan fingerprint density at radius 2 is 2.25 bits per heavy atom. The summed E-state index contributed by atoms with van der Waals surface area (Å²) in [4.78, 5) is 24.8. The Labute approximate surface area is 141 Å². The molecule has 3 rings (SSSR count). The smallest absolute Gasteiger partial charge is 0.274 e. The zero-order chi connectivity index (χ0) is 16.8. The number of carbonyl (C=O) groups is 1. The van der Waals surface area contributed by atoms with Crippen molar-refractivity contribution in [2.24, 2.45) is 0 Å². The molecule has 2 aliphatic heterocycles. The number of methoxy groups -OCH3 is 1. The van der Waals surface area contributed by atoms with E-state index in [0.717, 1.165) is 19.6 Å². The van der Waals surface area contributed by atoms with Crippen molar-refractivity contribution < 1.29 is 19.0 Å². The molecule has 0 N–H and O–H groups in total. The molecule has 3 heterocycles. The topological polar surface area (TPSA) is 77.0 Å². The summed E-state index contributed by atoms with van der Waals surface area (Å²) >= 11 is 0. The highest BCUT2D eigenvalue weighted by molar-refractivity contribution is 5.92. The van der Waals surface area contributed by atoms with Crippen LogP contribution in [-0.4, -0.2) is 97.5 Å². The highest BCUT2D eigenvalue weighted by Crippen LogP contribution is 2.23. The van der Waals surface area contributed by atoms with Gasteiger partial charge in [0.25, 0.3) is 5.91 Å². The maximum absolute atomic E-state index is 12.7. The van der Waals surface area contributed by atoms with Crippen molar-refractivity contribution >= 4 is 5.91 Å². The van der Waals surface area contributed by atoms with Crippen LogP contribution in [0.2, 0.25) is 0 Å². The molecule has 8 nitrogen and oxygen atoms in total. The van der Waals surface area contributed by atoms with Crippen LogP contribution in [0.1, 0.15) is 10.5 Å². The molecule has 2 fully saturated rings. The lowest BCUT2D eigenvalue weighted by Gasteiger charge is -2.43. The van der Waals surface area contributed by atoms with Crippen LogP contribution in [0, 0.1) is 0 Å². The molecule has 2 aliphatic rings. The molecule has 2 saturated heterocycles. The van der Waals surface area contributed by atoms with E-state index in [1.54, 1.807) is 18.2 Å². The average Bonchev–Trinajstić information content (AvgIpc) is 2.82.